The summed E-state index contributed by atoms with van der Waals surface area (Å²) in [5.74, 6) is -1.08. The Bertz CT molecular complexity index is 1510. The fraction of sp³-hybridized carbons (Fsp3) is 0.160. The van der Waals surface area contributed by atoms with Gasteiger partial charge >= 0.3 is 5.97 Å². The smallest absolute Gasteiger partial charge is 0.339 e. The SMILES string of the molecule is CCCCOC(=O)c1cc([N+](=O)[O-])cc2c1-c1c(cc([N+](=O)[O-])cc1[N+](=O)[O-])/C2=C\c1ccccc1O. The molecule has 12 nitrogen and oxygen atoms in total. The molecule has 0 saturated carbocycles. The van der Waals surface area contributed by atoms with Crippen LogP contribution >= 0.6 is 0 Å². The molecule has 0 saturated heterocycles. The predicted molar refractivity (Wildman–Crippen MR) is 132 cm³/mol. The molecule has 0 fully saturated rings. The van der Waals surface area contributed by atoms with Gasteiger partial charge in [-0.25, -0.2) is 4.79 Å². The maximum absolute atomic E-state index is 13.1. The van der Waals surface area contributed by atoms with Crippen molar-refractivity contribution < 1.29 is 29.4 Å². The number of rotatable bonds is 8. The van der Waals surface area contributed by atoms with Gasteiger partial charge in [0.1, 0.15) is 5.75 Å². The maximum atomic E-state index is 13.1. The molecule has 3 aromatic rings. The Morgan fingerprint density at radius 1 is 0.919 bits per heavy atom. The summed E-state index contributed by atoms with van der Waals surface area (Å²) in [6.07, 6.45) is 2.65. The quantitative estimate of drug-likeness (QED) is 0.137. The third-order valence-electron chi connectivity index (χ3n) is 5.86. The molecule has 1 aliphatic carbocycles. The number of non-ortho nitro benzene ring substituents is 2. The van der Waals surface area contributed by atoms with Crippen molar-refractivity contribution in [2.24, 2.45) is 0 Å². The van der Waals surface area contributed by atoms with Crippen LogP contribution in [0.25, 0.3) is 22.8 Å². The van der Waals surface area contributed by atoms with Gasteiger partial charge < -0.3 is 9.84 Å². The third-order valence-corrected chi connectivity index (χ3v) is 5.86. The number of hydrogen-bond acceptors (Lipinski definition) is 9. The molecule has 4 rings (SSSR count). The topological polar surface area (TPSA) is 176 Å². The van der Waals surface area contributed by atoms with Crippen LogP contribution < -0.4 is 0 Å². The van der Waals surface area contributed by atoms with Gasteiger partial charge in [-0.1, -0.05) is 31.5 Å². The molecular weight excluding hydrogens is 486 g/mol. The van der Waals surface area contributed by atoms with E-state index in [0.717, 1.165) is 24.3 Å². The summed E-state index contributed by atoms with van der Waals surface area (Å²) in [7, 11) is 0. The van der Waals surface area contributed by atoms with Crippen LogP contribution in [0.15, 0.2) is 48.5 Å². The molecule has 12 heteroatoms. The number of nitrogens with zero attached hydrogens (tertiary/aromatic N) is 3. The minimum absolute atomic E-state index is 0.00892. The Morgan fingerprint density at radius 2 is 1.54 bits per heavy atom. The van der Waals surface area contributed by atoms with E-state index in [9.17, 15) is 40.2 Å². The van der Waals surface area contributed by atoms with E-state index in [2.05, 4.69) is 0 Å². The average molecular weight is 505 g/mol. The summed E-state index contributed by atoms with van der Waals surface area (Å²) in [6.45, 7) is 1.91. The van der Waals surface area contributed by atoms with Crippen molar-refractivity contribution in [2.75, 3.05) is 6.61 Å². The van der Waals surface area contributed by atoms with E-state index < -0.39 is 37.8 Å². The van der Waals surface area contributed by atoms with Crippen molar-refractivity contribution in [3.05, 3.63) is 101 Å². The normalized spacial score (nSPS) is 12.6. The second-order valence-corrected chi connectivity index (χ2v) is 8.18. The van der Waals surface area contributed by atoms with Crippen LogP contribution in [0, 0.1) is 30.3 Å². The van der Waals surface area contributed by atoms with Gasteiger partial charge in [0, 0.05) is 34.9 Å². The van der Waals surface area contributed by atoms with Crippen LogP contribution in [-0.2, 0) is 4.74 Å². The van der Waals surface area contributed by atoms with Crippen LogP contribution in [0.4, 0.5) is 17.1 Å². The number of carbonyl (C=O) groups is 1. The first-order valence-corrected chi connectivity index (χ1v) is 11.1. The first kappa shape index (κ1) is 25.0. The summed E-state index contributed by atoms with van der Waals surface area (Å²) in [5, 5.41) is 45.7. The minimum atomic E-state index is -0.921. The van der Waals surface area contributed by atoms with Crippen molar-refractivity contribution in [3.63, 3.8) is 0 Å². The molecule has 0 amide bonds. The largest absolute Gasteiger partial charge is 0.507 e. The highest BCUT2D eigenvalue weighted by molar-refractivity contribution is 6.15. The molecule has 37 heavy (non-hydrogen) atoms. The van der Waals surface area contributed by atoms with Gasteiger partial charge in [0.15, 0.2) is 0 Å². The molecule has 0 aliphatic heterocycles. The lowest BCUT2D eigenvalue weighted by Crippen LogP contribution is -2.09. The number of ether oxygens (including phenoxy) is 1. The Hall–Kier alpha value is -5.13. The highest BCUT2D eigenvalue weighted by Gasteiger charge is 2.38. The van der Waals surface area contributed by atoms with Crippen LogP contribution in [0.3, 0.4) is 0 Å². The van der Waals surface area contributed by atoms with Crippen molar-refractivity contribution in [2.45, 2.75) is 19.8 Å². The van der Waals surface area contributed by atoms with Crippen molar-refractivity contribution >= 4 is 34.7 Å². The molecule has 0 unspecified atom stereocenters. The highest BCUT2D eigenvalue weighted by Crippen LogP contribution is 2.53. The third kappa shape index (κ3) is 4.59. The number of para-hydroxylation sites is 1. The van der Waals surface area contributed by atoms with E-state index in [-0.39, 0.29) is 51.3 Å². The van der Waals surface area contributed by atoms with E-state index in [4.69, 9.17) is 4.74 Å². The zero-order chi connectivity index (χ0) is 26.9. The van der Waals surface area contributed by atoms with E-state index in [1.54, 1.807) is 12.1 Å². The first-order valence-electron chi connectivity index (χ1n) is 11.1. The minimum Gasteiger partial charge on any atom is -0.507 e. The number of nitro groups is 3. The molecule has 1 N–H and O–H groups in total. The lowest BCUT2D eigenvalue weighted by Gasteiger charge is -2.10. The number of hydrogen-bond donors (Lipinski definition) is 1. The molecule has 1 aliphatic rings. The van der Waals surface area contributed by atoms with Gasteiger partial charge in [-0.2, -0.15) is 0 Å². The molecule has 0 heterocycles. The first-order chi connectivity index (χ1) is 17.6. The van der Waals surface area contributed by atoms with Gasteiger partial charge in [0.25, 0.3) is 17.1 Å². The number of benzene rings is 3. The van der Waals surface area contributed by atoms with Gasteiger partial charge in [-0.05, 0) is 29.7 Å². The van der Waals surface area contributed by atoms with Crippen LogP contribution in [0.2, 0.25) is 0 Å². The monoisotopic (exact) mass is 505 g/mol. The Balaban J connectivity index is 2.12. The second kappa shape index (κ2) is 9.85. The number of carbonyl (C=O) groups excluding carboxylic acids is 1. The Labute approximate surface area is 208 Å². The number of phenols is 1. The van der Waals surface area contributed by atoms with E-state index >= 15 is 0 Å². The number of fused-ring (bicyclic) bond motifs is 3. The van der Waals surface area contributed by atoms with Gasteiger partial charge in [-0.3, -0.25) is 30.3 Å². The molecular formula is C25H19N3O9. The molecule has 3 aromatic carbocycles. The zero-order valence-electron chi connectivity index (χ0n) is 19.4. The van der Waals surface area contributed by atoms with Crippen LogP contribution in [-0.4, -0.2) is 32.5 Å². The summed E-state index contributed by atoms with van der Waals surface area (Å²) < 4.78 is 5.28. The average Bonchev–Trinajstić information content (AvgIpc) is 3.17. The van der Waals surface area contributed by atoms with Gasteiger partial charge in [-0.15, -0.1) is 0 Å². The number of phenolic OH excluding ortho intramolecular Hbond substituents is 1. The Morgan fingerprint density at radius 3 is 2.14 bits per heavy atom. The lowest BCUT2D eigenvalue weighted by atomic mass is 9.96. The van der Waals surface area contributed by atoms with Crippen molar-refractivity contribution in [1.29, 1.82) is 0 Å². The summed E-state index contributed by atoms with van der Waals surface area (Å²) >= 11 is 0. The second-order valence-electron chi connectivity index (χ2n) is 8.18. The molecule has 188 valence electrons. The van der Waals surface area contributed by atoms with Gasteiger partial charge in [0.05, 0.1) is 38.6 Å². The summed E-state index contributed by atoms with van der Waals surface area (Å²) in [5.41, 5.74) is -1.64. The van der Waals surface area contributed by atoms with E-state index in [1.165, 1.54) is 18.2 Å². The predicted octanol–water partition coefficient (Wildman–Crippen LogP) is 5.64. The maximum Gasteiger partial charge on any atom is 0.339 e. The standard InChI is InChI=1S/C25H19N3O9/c1-2-3-8-37-25(30)20-12-15(26(31)32)10-18-17(9-14-6-4-5-7-22(14)29)19-11-16(27(33)34)13-21(28(35)36)24(19)23(18)20/h4-7,9-13,29H,2-3,8H2,1H3/b17-9-. The molecule has 0 bridgehead atoms. The van der Waals surface area contributed by atoms with E-state index in [1.807, 2.05) is 6.92 Å². The molecule has 0 radical (unpaired) electrons. The number of unbranched alkanes of at least 4 members (excludes halogenated alkanes) is 1. The fourth-order valence-electron chi connectivity index (χ4n) is 4.16. The summed E-state index contributed by atoms with van der Waals surface area (Å²) in [4.78, 5) is 46.1. The van der Waals surface area contributed by atoms with Gasteiger partial charge in [0.2, 0.25) is 0 Å². The lowest BCUT2D eigenvalue weighted by molar-refractivity contribution is -0.393. The fourth-order valence-corrected chi connectivity index (χ4v) is 4.16. The van der Waals surface area contributed by atoms with Crippen LogP contribution in [0.5, 0.6) is 5.75 Å². The van der Waals surface area contributed by atoms with Crippen LogP contribution in [0.1, 0.15) is 46.8 Å². The molecule has 0 spiro atoms. The molecule has 0 aromatic heterocycles. The van der Waals surface area contributed by atoms with E-state index in [0.29, 0.717) is 12.8 Å². The van der Waals surface area contributed by atoms with Crippen molar-refractivity contribution in [1.82, 2.24) is 0 Å². The number of aromatic hydroxyl groups is 1. The zero-order valence-corrected chi connectivity index (χ0v) is 19.4. The Kier molecular flexibility index (Phi) is 6.65. The highest BCUT2D eigenvalue weighted by atomic mass is 16.6. The number of nitro benzene ring substituents is 3. The number of esters is 1. The molecule has 0 atom stereocenters. The van der Waals surface area contributed by atoms with Crippen molar-refractivity contribution in [3.8, 4) is 16.9 Å². The summed E-state index contributed by atoms with van der Waals surface area (Å²) in [6, 6.07) is 10.1.